The summed E-state index contributed by atoms with van der Waals surface area (Å²) in [5.74, 6) is -3.89. The monoisotopic (exact) mass is 775 g/mol. The van der Waals surface area contributed by atoms with Gasteiger partial charge in [0.05, 0.1) is 39.0 Å². The molecular formula is C36H46FN5O11S. The molecule has 1 aromatic heterocycles. The fraction of sp³-hybridized carbons (Fsp3) is 0.583. The molecule has 1 aromatic carbocycles. The van der Waals surface area contributed by atoms with Gasteiger partial charge in [0.1, 0.15) is 34.2 Å². The topological polar surface area (TPSA) is 223 Å². The Bertz CT molecular complexity index is 1970. The van der Waals surface area contributed by atoms with Gasteiger partial charge >= 0.3 is 6.09 Å². The number of nitrogens with one attached hydrogen (secondary N) is 3. The molecule has 6 rings (SSSR count). The van der Waals surface area contributed by atoms with Gasteiger partial charge < -0.3 is 40.0 Å². The lowest BCUT2D eigenvalue weighted by atomic mass is 9.88. The predicted octanol–water partition coefficient (Wildman–Crippen LogP) is 2.23. The third kappa shape index (κ3) is 7.37. The molecular weight excluding hydrogens is 729 g/mol. The number of carbonyl (C=O) groups is 4. The summed E-state index contributed by atoms with van der Waals surface area (Å²) in [6.45, 7) is 2.87. The molecule has 4 amide bonds. The Morgan fingerprint density at radius 2 is 1.83 bits per heavy atom. The summed E-state index contributed by atoms with van der Waals surface area (Å²) in [7, 11) is -1.56. The Morgan fingerprint density at radius 1 is 1.11 bits per heavy atom. The minimum absolute atomic E-state index is 0.0262. The van der Waals surface area contributed by atoms with E-state index in [4.69, 9.17) is 14.2 Å². The first-order valence-corrected chi connectivity index (χ1v) is 19.4. The van der Waals surface area contributed by atoms with E-state index >= 15 is 0 Å². The molecule has 16 nitrogen and oxygen atoms in total. The zero-order chi connectivity index (χ0) is 39.2. The van der Waals surface area contributed by atoms with Crippen LogP contribution < -0.4 is 29.6 Å². The third-order valence-electron chi connectivity index (χ3n) is 11.2. The Morgan fingerprint density at radius 3 is 2.48 bits per heavy atom. The summed E-state index contributed by atoms with van der Waals surface area (Å²) in [5.41, 5.74) is -1.68. The van der Waals surface area contributed by atoms with Gasteiger partial charge in [-0.3, -0.25) is 19.1 Å². The minimum Gasteiger partial charge on any atom is -0.494 e. The van der Waals surface area contributed by atoms with Crippen LogP contribution in [-0.4, -0.2) is 108 Å². The average Bonchev–Trinajstić information content (AvgIpc) is 4.03. The standard InChI is InChI=1S/C36H46FN5O11S/c1-19-7-5-6-8-21-15-36(21,33(46)41-54(49,50)35(18-43)9-10-35)40-30(44)26-12-22(17-42(26)32(45)29(20(2)11-19)39-34(47)48)53-31-24-13-25(37)27(51-3)14-23(24)28(52-4)16-38-31/h6,8,13-14,16,19-22,26,29,39,43H,5,7,9-12,15,17-18H2,1-4H3,(H,40,44)(H,41,46)(H,47,48)/b8-6-/t19-,20+,21?,22+,26-,29-,36?/m0/s1. The minimum atomic E-state index is -4.30. The lowest BCUT2D eigenvalue weighted by molar-refractivity contribution is -0.142. The van der Waals surface area contributed by atoms with E-state index in [2.05, 4.69) is 20.3 Å². The van der Waals surface area contributed by atoms with Gasteiger partial charge in [0, 0.05) is 17.7 Å². The van der Waals surface area contributed by atoms with Gasteiger partial charge in [-0.15, -0.1) is 0 Å². The van der Waals surface area contributed by atoms with Crippen LogP contribution in [0.5, 0.6) is 17.4 Å². The molecule has 2 aliphatic carbocycles. The fourth-order valence-electron chi connectivity index (χ4n) is 7.68. The van der Waals surface area contributed by atoms with E-state index < -0.39 is 86.6 Å². The van der Waals surface area contributed by atoms with Crippen LogP contribution >= 0.6 is 0 Å². The van der Waals surface area contributed by atoms with E-state index in [1.807, 2.05) is 13.0 Å². The van der Waals surface area contributed by atoms with E-state index in [9.17, 15) is 42.2 Å². The summed E-state index contributed by atoms with van der Waals surface area (Å²) >= 11 is 0. The van der Waals surface area contributed by atoms with Crippen LogP contribution in [0.1, 0.15) is 58.8 Å². The molecule has 3 heterocycles. The fourth-order valence-corrected chi connectivity index (χ4v) is 9.14. The Hall–Kier alpha value is -4.71. The number of benzene rings is 1. The van der Waals surface area contributed by atoms with Gasteiger partial charge in [-0.2, -0.15) is 0 Å². The molecule has 0 spiro atoms. The maximum absolute atomic E-state index is 15.0. The number of rotatable bonds is 9. The van der Waals surface area contributed by atoms with Crippen molar-refractivity contribution in [3.8, 4) is 17.4 Å². The highest BCUT2D eigenvalue weighted by Crippen LogP contribution is 2.48. The molecule has 2 aromatic rings. The second-order valence-corrected chi connectivity index (χ2v) is 17.0. The summed E-state index contributed by atoms with van der Waals surface area (Å²) in [6, 6.07) is 0.0519. The molecule has 294 valence electrons. The highest BCUT2D eigenvalue weighted by atomic mass is 32.2. The number of amides is 4. The molecule has 0 bridgehead atoms. The van der Waals surface area contributed by atoms with Crippen LogP contribution in [0.25, 0.3) is 10.8 Å². The number of hydrogen-bond acceptors (Lipinski definition) is 11. The summed E-state index contributed by atoms with van der Waals surface area (Å²) in [4.78, 5) is 60.1. The zero-order valence-corrected chi connectivity index (χ0v) is 31.3. The SMILES string of the molecule is COc1cc2c(OC)cnc(O[C@@H]3C[C@H]4C(=O)NC5(C(=O)NS(=O)(=O)C6(CO)CC6)CC5/C=C\CC[C@H](C)C[C@@H](C)[C@H](NC(=O)O)C(=O)N4C3)c2cc1F. The molecule has 5 N–H and O–H groups in total. The first-order chi connectivity index (χ1) is 25.6. The van der Waals surface area contributed by atoms with E-state index in [0.29, 0.717) is 30.4 Å². The lowest BCUT2D eigenvalue weighted by Crippen LogP contribution is -2.59. The number of halogens is 1. The van der Waals surface area contributed by atoms with E-state index in [-0.39, 0.29) is 55.2 Å². The van der Waals surface area contributed by atoms with Crippen molar-refractivity contribution in [2.75, 3.05) is 27.4 Å². The summed E-state index contributed by atoms with van der Waals surface area (Å²) in [5, 5.41) is 25.3. The van der Waals surface area contributed by atoms with Crippen LogP contribution in [0.4, 0.5) is 9.18 Å². The lowest BCUT2D eigenvalue weighted by Gasteiger charge is -2.32. The number of ether oxygens (including phenoxy) is 3. The molecule has 1 saturated heterocycles. The van der Waals surface area contributed by atoms with E-state index in [0.717, 1.165) is 0 Å². The first kappa shape index (κ1) is 39.0. The van der Waals surface area contributed by atoms with Gasteiger partial charge in [0.25, 0.3) is 5.91 Å². The van der Waals surface area contributed by atoms with Crippen molar-refractivity contribution in [2.24, 2.45) is 17.8 Å². The van der Waals surface area contributed by atoms with Crippen LogP contribution in [0.15, 0.2) is 30.5 Å². The molecule has 54 heavy (non-hydrogen) atoms. The zero-order valence-electron chi connectivity index (χ0n) is 30.5. The molecule has 4 aliphatic rings. The van der Waals surface area contributed by atoms with Crippen LogP contribution in [0, 0.1) is 23.6 Å². The number of fused-ring (bicyclic) bond motifs is 3. The number of carbonyl (C=O) groups excluding carboxylic acids is 3. The molecule has 2 unspecified atom stereocenters. The van der Waals surface area contributed by atoms with Gasteiger partial charge in [0.2, 0.25) is 27.7 Å². The van der Waals surface area contributed by atoms with Gasteiger partial charge in [-0.1, -0.05) is 26.0 Å². The molecule has 2 saturated carbocycles. The third-order valence-corrected chi connectivity index (χ3v) is 13.3. The maximum atomic E-state index is 15.0. The van der Waals surface area contributed by atoms with Crippen LogP contribution in [0.2, 0.25) is 0 Å². The number of aliphatic hydroxyl groups is 1. The number of methoxy groups -OCH3 is 2. The van der Waals surface area contributed by atoms with Gasteiger partial charge in [-0.25, -0.2) is 22.6 Å². The van der Waals surface area contributed by atoms with Crippen molar-refractivity contribution in [1.82, 2.24) is 25.2 Å². The van der Waals surface area contributed by atoms with E-state index in [1.165, 1.54) is 37.4 Å². The molecule has 18 heteroatoms. The number of hydrogen-bond donors (Lipinski definition) is 5. The van der Waals surface area contributed by atoms with Crippen molar-refractivity contribution in [2.45, 2.75) is 87.3 Å². The molecule has 3 fully saturated rings. The largest absolute Gasteiger partial charge is 0.494 e. The number of sulfonamides is 1. The maximum Gasteiger partial charge on any atom is 0.405 e. The average molecular weight is 776 g/mol. The number of aromatic nitrogens is 1. The van der Waals surface area contributed by atoms with Gasteiger partial charge in [0.15, 0.2) is 11.6 Å². The second-order valence-electron chi connectivity index (χ2n) is 14.9. The quantitative estimate of drug-likeness (QED) is 0.232. The second kappa shape index (κ2) is 14.8. The van der Waals surface area contributed by atoms with Crippen molar-refractivity contribution < 1.29 is 56.4 Å². The molecule has 2 aliphatic heterocycles. The highest BCUT2D eigenvalue weighted by Gasteiger charge is 2.64. The Kier molecular flexibility index (Phi) is 10.7. The van der Waals surface area contributed by atoms with Crippen molar-refractivity contribution in [1.29, 1.82) is 0 Å². The number of nitrogens with zero attached hydrogens (tertiary/aromatic N) is 2. The van der Waals surface area contributed by atoms with Crippen molar-refractivity contribution in [3.05, 3.63) is 36.3 Å². The Balaban J connectivity index is 1.36. The highest BCUT2D eigenvalue weighted by molar-refractivity contribution is 7.91. The normalized spacial score (nSPS) is 30.1. The number of carboxylic acid groups (broad SMARTS) is 1. The van der Waals surface area contributed by atoms with Crippen molar-refractivity contribution >= 4 is 44.6 Å². The van der Waals surface area contributed by atoms with Crippen molar-refractivity contribution in [3.63, 3.8) is 0 Å². The first-order valence-electron chi connectivity index (χ1n) is 17.9. The number of pyridine rings is 1. The number of allylic oxidation sites excluding steroid dienone is 1. The number of aliphatic hydroxyl groups excluding tert-OH is 1. The smallest absolute Gasteiger partial charge is 0.405 e. The summed E-state index contributed by atoms with van der Waals surface area (Å²) < 4.78 is 58.7. The molecule has 0 radical (unpaired) electrons. The predicted molar refractivity (Wildman–Crippen MR) is 191 cm³/mol. The van der Waals surface area contributed by atoms with Gasteiger partial charge in [-0.05, 0) is 62.5 Å². The Labute approximate surface area is 311 Å². The molecule has 7 atom stereocenters. The summed E-state index contributed by atoms with van der Waals surface area (Å²) in [6.07, 6.45) is 4.70. The van der Waals surface area contributed by atoms with Crippen LogP contribution in [-0.2, 0) is 24.4 Å². The van der Waals surface area contributed by atoms with Crippen LogP contribution in [0.3, 0.4) is 0 Å². The van der Waals surface area contributed by atoms with E-state index in [1.54, 1.807) is 13.0 Å².